The summed E-state index contributed by atoms with van der Waals surface area (Å²) in [6.07, 6.45) is 2.94. The molecule has 0 saturated carbocycles. The van der Waals surface area contributed by atoms with Gasteiger partial charge in [-0.25, -0.2) is 9.18 Å². The molecule has 0 aliphatic carbocycles. The first-order chi connectivity index (χ1) is 14.2. The molecule has 6 nitrogen and oxygen atoms in total. The maximum atomic E-state index is 13.9. The molecule has 0 spiro atoms. The molecule has 1 amide bonds. The minimum atomic E-state index is -0.488. The van der Waals surface area contributed by atoms with Gasteiger partial charge in [0.15, 0.2) is 0 Å². The Balaban J connectivity index is 1.45. The van der Waals surface area contributed by atoms with Crippen LogP contribution in [-0.2, 0) is 11.3 Å². The van der Waals surface area contributed by atoms with E-state index in [1.54, 1.807) is 17.2 Å². The predicted octanol–water partition coefficient (Wildman–Crippen LogP) is 4.92. The maximum Gasteiger partial charge on any atom is 0.410 e. The largest absolute Gasteiger partial charge is 0.489 e. The molecule has 1 aliphatic heterocycles. The molecule has 3 rings (SSSR count). The zero-order valence-corrected chi connectivity index (χ0v) is 18.1. The maximum absolute atomic E-state index is 13.9. The van der Waals surface area contributed by atoms with Crippen molar-refractivity contribution in [2.45, 2.75) is 58.8 Å². The number of amides is 1. The molecule has 1 aromatic heterocycles. The highest BCUT2D eigenvalue weighted by Crippen LogP contribution is 2.21. The molecule has 1 aromatic carbocycles. The van der Waals surface area contributed by atoms with E-state index in [-0.39, 0.29) is 18.0 Å². The van der Waals surface area contributed by atoms with Gasteiger partial charge < -0.3 is 19.7 Å². The molecule has 0 bridgehead atoms. The van der Waals surface area contributed by atoms with E-state index < -0.39 is 5.60 Å². The number of hydrogen-bond donors (Lipinski definition) is 1. The summed E-state index contributed by atoms with van der Waals surface area (Å²) in [6.45, 7) is 9.09. The molecular formula is C23H30FN3O3. The third kappa shape index (κ3) is 6.34. The number of piperidine rings is 1. The van der Waals surface area contributed by atoms with Gasteiger partial charge in [0.1, 0.15) is 23.3 Å². The van der Waals surface area contributed by atoms with Gasteiger partial charge in [-0.1, -0.05) is 6.07 Å². The van der Waals surface area contributed by atoms with Crippen LogP contribution in [0.25, 0.3) is 0 Å². The average molecular weight is 416 g/mol. The lowest BCUT2D eigenvalue weighted by Gasteiger charge is -2.33. The summed E-state index contributed by atoms with van der Waals surface area (Å²) in [5, 5.41) is 3.06. The Bertz CT molecular complexity index is 857. The van der Waals surface area contributed by atoms with Crippen LogP contribution in [0.1, 0.15) is 44.9 Å². The van der Waals surface area contributed by atoms with E-state index in [9.17, 15) is 9.18 Å². The molecule has 1 fully saturated rings. The molecule has 2 aromatic rings. The van der Waals surface area contributed by atoms with Crippen LogP contribution in [0, 0.1) is 12.7 Å². The Hall–Kier alpha value is -2.83. The van der Waals surface area contributed by atoms with Gasteiger partial charge in [0.2, 0.25) is 0 Å². The third-order valence-electron chi connectivity index (χ3n) is 4.78. The number of pyridine rings is 1. The highest BCUT2D eigenvalue weighted by molar-refractivity contribution is 5.68. The number of aromatic nitrogens is 1. The van der Waals surface area contributed by atoms with Gasteiger partial charge in [0.25, 0.3) is 0 Å². The fourth-order valence-electron chi connectivity index (χ4n) is 3.21. The van der Waals surface area contributed by atoms with E-state index in [4.69, 9.17) is 9.47 Å². The van der Waals surface area contributed by atoms with Crippen molar-refractivity contribution in [1.82, 2.24) is 9.88 Å². The Morgan fingerprint density at radius 3 is 2.57 bits per heavy atom. The van der Waals surface area contributed by atoms with E-state index in [0.717, 1.165) is 24.1 Å². The Morgan fingerprint density at radius 2 is 1.97 bits per heavy atom. The Kier molecular flexibility index (Phi) is 6.80. The Morgan fingerprint density at radius 1 is 1.23 bits per heavy atom. The molecule has 1 aliphatic rings. The molecule has 0 atom stereocenters. The van der Waals surface area contributed by atoms with Crippen LogP contribution in [0.3, 0.4) is 0 Å². The van der Waals surface area contributed by atoms with Crippen LogP contribution in [0.5, 0.6) is 5.75 Å². The summed E-state index contributed by atoms with van der Waals surface area (Å²) in [7, 11) is 0. The van der Waals surface area contributed by atoms with Gasteiger partial charge in [-0.3, -0.25) is 4.98 Å². The first-order valence-corrected chi connectivity index (χ1v) is 10.3. The van der Waals surface area contributed by atoms with Crippen LogP contribution in [0.4, 0.5) is 14.9 Å². The first-order valence-electron chi connectivity index (χ1n) is 10.3. The standard InChI is InChI=1S/C23H30FN3O3/c1-16-5-8-21(20(24)13-16)26-14-17-6-7-19(15-25-17)29-18-9-11-27(12-10-18)22(28)30-23(2,3)4/h5-8,13,15,18,26H,9-12,14H2,1-4H3. The van der Waals surface area contributed by atoms with E-state index in [1.165, 1.54) is 6.07 Å². The van der Waals surface area contributed by atoms with Crippen LogP contribution < -0.4 is 10.1 Å². The smallest absolute Gasteiger partial charge is 0.410 e. The zero-order chi connectivity index (χ0) is 21.7. The number of benzene rings is 1. The van der Waals surface area contributed by atoms with Gasteiger partial charge >= 0.3 is 6.09 Å². The van der Waals surface area contributed by atoms with Gasteiger partial charge in [0, 0.05) is 25.9 Å². The number of carbonyl (C=O) groups is 1. The quantitative estimate of drug-likeness (QED) is 0.751. The highest BCUT2D eigenvalue weighted by atomic mass is 19.1. The van der Waals surface area contributed by atoms with Crippen molar-refractivity contribution in [3.63, 3.8) is 0 Å². The summed E-state index contributed by atoms with van der Waals surface area (Å²) >= 11 is 0. The molecular weight excluding hydrogens is 385 g/mol. The molecule has 1 N–H and O–H groups in total. The van der Waals surface area contributed by atoms with Crippen molar-refractivity contribution in [2.24, 2.45) is 0 Å². The lowest BCUT2D eigenvalue weighted by molar-refractivity contribution is 0.0126. The number of halogens is 1. The van der Waals surface area contributed by atoms with Crippen LogP contribution in [-0.4, -0.2) is 40.8 Å². The fourth-order valence-corrected chi connectivity index (χ4v) is 3.21. The number of nitrogens with one attached hydrogen (secondary N) is 1. The van der Waals surface area contributed by atoms with Gasteiger partial charge in [-0.05, 0) is 57.5 Å². The van der Waals surface area contributed by atoms with Crippen LogP contribution in [0.2, 0.25) is 0 Å². The van der Waals surface area contributed by atoms with E-state index >= 15 is 0 Å². The van der Waals surface area contributed by atoms with E-state index in [0.29, 0.717) is 31.1 Å². The number of hydrogen-bond acceptors (Lipinski definition) is 5. The van der Waals surface area contributed by atoms with Crippen molar-refractivity contribution in [2.75, 3.05) is 18.4 Å². The second-order valence-electron chi connectivity index (χ2n) is 8.61. The zero-order valence-electron chi connectivity index (χ0n) is 18.1. The van der Waals surface area contributed by atoms with Gasteiger partial charge in [-0.15, -0.1) is 0 Å². The lowest BCUT2D eigenvalue weighted by Crippen LogP contribution is -2.44. The predicted molar refractivity (Wildman–Crippen MR) is 114 cm³/mol. The molecule has 7 heteroatoms. The second-order valence-corrected chi connectivity index (χ2v) is 8.61. The van der Waals surface area contributed by atoms with E-state index in [1.807, 2.05) is 45.9 Å². The average Bonchev–Trinajstić information content (AvgIpc) is 2.68. The number of aryl methyl sites for hydroxylation is 1. The summed E-state index contributed by atoms with van der Waals surface area (Å²) in [4.78, 5) is 18.3. The number of likely N-dealkylation sites (tertiary alicyclic amines) is 1. The Labute approximate surface area is 177 Å². The van der Waals surface area contributed by atoms with Gasteiger partial charge in [0.05, 0.1) is 24.1 Å². The van der Waals surface area contributed by atoms with E-state index in [2.05, 4.69) is 10.3 Å². The highest BCUT2D eigenvalue weighted by Gasteiger charge is 2.27. The molecule has 30 heavy (non-hydrogen) atoms. The number of anilines is 1. The summed E-state index contributed by atoms with van der Waals surface area (Å²) < 4.78 is 25.3. The summed E-state index contributed by atoms with van der Waals surface area (Å²) in [5.74, 6) is 0.420. The summed E-state index contributed by atoms with van der Waals surface area (Å²) in [5.41, 5.74) is 1.65. The van der Waals surface area contributed by atoms with Crippen molar-refractivity contribution in [3.8, 4) is 5.75 Å². The number of carbonyl (C=O) groups excluding carboxylic acids is 1. The summed E-state index contributed by atoms with van der Waals surface area (Å²) in [6, 6.07) is 8.83. The van der Waals surface area contributed by atoms with Crippen molar-refractivity contribution in [3.05, 3.63) is 53.6 Å². The molecule has 162 valence electrons. The molecule has 0 radical (unpaired) electrons. The molecule has 1 saturated heterocycles. The first kappa shape index (κ1) is 21.9. The van der Waals surface area contributed by atoms with Crippen molar-refractivity contribution >= 4 is 11.8 Å². The third-order valence-corrected chi connectivity index (χ3v) is 4.78. The normalized spacial score (nSPS) is 15.0. The van der Waals surface area contributed by atoms with Crippen molar-refractivity contribution < 1.29 is 18.7 Å². The topological polar surface area (TPSA) is 63.7 Å². The molecule has 2 heterocycles. The number of ether oxygens (including phenoxy) is 2. The minimum absolute atomic E-state index is 0.0381. The second kappa shape index (κ2) is 9.32. The number of nitrogens with zero attached hydrogens (tertiary/aromatic N) is 2. The van der Waals surface area contributed by atoms with Crippen LogP contribution in [0.15, 0.2) is 36.5 Å². The van der Waals surface area contributed by atoms with Crippen LogP contribution >= 0.6 is 0 Å². The monoisotopic (exact) mass is 415 g/mol. The molecule has 0 unspecified atom stereocenters. The lowest BCUT2D eigenvalue weighted by atomic mass is 10.1. The SMILES string of the molecule is Cc1ccc(NCc2ccc(OC3CCN(C(=O)OC(C)(C)C)CC3)cn2)c(F)c1. The van der Waals surface area contributed by atoms with Crippen molar-refractivity contribution in [1.29, 1.82) is 0 Å². The van der Waals surface area contributed by atoms with Gasteiger partial charge in [-0.2, -0.15) is 0 Å². The fraction of sp³-hybridized carbons (Fsp3) is 0.478. The number of rotatable bonds is 5. The minimum Gasteiger partial charge on any atom is -0.489 e.